The lowest BCUT2D eigenvalue weighted by Gasteiger charge is -1.95. The first-order valence-electron chi connectivity index (χ1n) is 6.22. The van der Waals surface area contributed by atoms with E-state index in [4.69, 9.17) is 0 Å². The van der Waals surface area contributed by atoms with Gasteiger partial charge in [0.15, 0.2) is 0 Å². The molecule has 0 aliphatic carbocycles. The molecule has 3 nitrogen and oxygen atoms in total. The number of hydrogen-bond acceptors (Lipinski definition) is 1. The van der Waals surface area contributed by atoms with Crippen LogP contribution in [-0.2, 0) is 0 Å². The molecule has 3 rings (SSSR count). The number of aromatic nitrogens is 3. The van der Waals surface area contributed by atoms with Gasteiger partial charge in [0.2, 0.25) is 0 Å². The third kappa shape index (κ3) is 1.99. The summed E-state index contributed by atoms with van der Waals surface area (Å²) in [4.78, 5) is 3.40. The van der Waals surface area contributed by atoms with Crippen molar-refractivity contribution in [3.8, 4) is 11.4 Å². The van der Waals surface area contributed by atoms with Gasteiger partial charge in [-0.05, 0) is 19.1 Å². The molecule has 3 heteroatoms. The highest BCUT2D eigenvalue weighted by Gasteiger charge is 2.11. The van der Waals surface area contributed by atoms with Crippen LogP contribution in [0, 0.1) is 6.92 Å². The van der Waals surface area contributed by atoms with Gasteiger partial charge in [-0.2, -0.15) is 5.10 Å². The lowest BCUT2D eigenvalue weighted by atomic mass is 10.1. The minimum Gasteiger partial charge on any atom is -0.353 e. The van der Waals surface area contributed by atoms with Crippen molar-refractivity contribution in [2.75, 3.05) is 0 Å². The fraction of sp³-hybridized carbons (Fsp3) is 0.0625. The van der Waals surface area contributed by atoms with Crippen LogP contribution in [0.2, 0.25) is 0 Å². The number of rotatable bonds is 3. The molecule has 1 aromatic carbocycles. The molecule has 3 aromatic rings. The van der Waals surface area contributed by atoms with Gasteiger partial charge in [-0.3, -0.25) is 5.10 Å². The average Bonchev–Trinajstić information content (AvgIpc) is 2.99. The van der Waals surface area contributed by atoms with E-state index in [1.54, 1.807) is 6.08 Å². The van der Waals surface area contributed by atoms with E-state index in [1.807, 2.05) is 31.2 Å². The Balaban J connectivity index is 2.16. The quantitative estimate of drug-likeness (QED) is 0.675. The summed E-state index contributed by atoms with van der Waals surface area (Å²) < 4.78 is 0. The number of benzene rings is 1. The topological polar surface area (TPSA) is 44.5 Å². The van der Waals surface area contributed by atoms with Crippen LogP contribution in [0.1, 0.15) is 11.3 Å². The predicted molar refractivity (Wildman–Crippen MR) is 79.8 cm³/mol. The third-order valence-electron chi connectivity index (χ3n) is 3.18. The zero-order valence-corrected chi connectivity index (χ0v) is 10.8. The zero-order valence-electron chi connectivity index (χ0n) is 10.8. The summed E-state index contributed by atoms with van der Waals surface area (Å²) in [5.74, 6) is 0. The normalized spacial score (nSPS) is 11.4. The third-order valence-corrected chi connectivity index (χ3v) is 3.18. The summed E-state index contributed by atoms with van der Waals surface area (Å²) in [5.41, 5.74) is 5.22. The number of nitrogens with one attached hydrogen (secondary N) is 2. The monoisotopic (exact) mass is 249 g/mol. The second-order valence-electron chi connectivity index (χ2n) is 4.48. The molecule has 0 fully saturated rings. The van der Waals surface area contributed by atoms with Crippen LogP contribution in [0.3, 0.4) is 0 Å². The Bertz CT molecular complexity index is 726. The number of aromatic amines is 2. The highest BCUT2D eigenvalue weighted by Crippen LogP contribution is 2.27. The predicted octanol–water partition coefficient (Wildman–Crippen LogP) is 4.07. The molecule has 0 unspecified atom stereocenters. The number of para-hydroxylation sites is 1. The summed E-state index contributed by atoms with van der Waals surface area (Å²) in [7, 11) is 0. The van der Waals surface area contributed by atoms with Crippen molar-refractivity contribution >= 4 is 17.0 Å². The van der Waals surface area contributed by atoms with Crippen molar-refractivity contribution in [3.63, 3.8) is 0 Å². The van der Waals surface area contributed by atoms with Crippen molar-refractivity contribution in [2.45, 2.75) is 6.92 Å². The molecule has 0 atom stereocenters. The Hall–Kier alpha value is -2.55. The Morgan fingerprint density at radius 2 is 2.11 bits per heavy atom. The molecular formula is C16H15N3. The fourth-order valence-corrected chi connectivity index (χ4v) is 2.21. The molecule has 0 bridgehead atoms. The number of nitrogens with zero attached hydrogens (tertiary/aromatic N) is 1. The molecule has 2 N–H and O–H groups in total. The molecule has 2 aromatic heterocycles. The largest absolute Gasteiger partial charge is 0.353 e. The number of hydrogen-bond donors (Lipinski definition) is 2. The highest BCUT2D eigenvalue weighted by atomic mass is 15.1. The minimum absolute atomic E-state index is 0.937. The SMILES string of the molecule is C=C/C=C\c1c(-c2cc3ccccc3[nH]2)n[nH]c1C. The van der Waals surface area contributed by atoms with Gasteiger partial charge >= 0.3 is 0 Å². The van der Waals surface area contributed by atoms with Gasteiger partial charge in [-0.15, -0.1) is 0 Å². The van der Waals surface area contributed by atoms with E-state index in [9.17, 15) is 0 Å². The maximum Gasteiger partial charge on any atom is 0.116 e. The van der Waals surface area contributed by atoms with Crippen molar-refractivity contribution in [1.82, 2.24) is 15.2 Å². The lowest BCUT2D eigenvalue weighted by molar-refractivity contribution is 1.05. The number of fused-ring (bicyclic) bond motifs is 1. The van der Waals surface area contributed by atoms with Gasteiger partial charge < -0.3 is 4.98 Å². The van der Waals surface area contributed by atoms with E-state index in [0.717, 1.165) is 28.2 Å². The standard InChI is InChI=1S/C16H15N3/c1-3-4-8-13-11(2)18-19-16(13)15-10-12-7-5-6-9-14(12)17-15/h3-10,17H,1H2,2H3,(H,18,19)/b8-4-. The smallest absolute Gasteiger partial charge is 0.116 e. The molecule has 94 valence electrons. The Kier molecular flexibility index (Phi) is 2.80. The summed E-state index contributed by atoms with van der Waals surface area (Å²) in [6.07, 6.45) is 5.71. The molecule has 2 heterocycles. The van der Waals surface area contributed by atoms with Gasteiger partial charge in [0.05, 0.1) is 5.69 Å². The second kappa shape index (κ2) is 4.61. The number of allylic oxidation sites excluding steroid dienone is 2. The molecule has 0 radical (unpaired) electrons. The molecule has 0 aliphatic rings. The lowest BCUT2D eigenvalue weighted by Crippen LogP contribution is -1.81. The van der Waals surface area contributed by atoms with Crippen LogP contribution >= 0.6 is 0 Å². The Morgan fingerprint density at radius 3 is 2.89 bits per heavy atom. The van der Waals surface area contributed by atoms with Crippen LogP contribution in [0.15, 0.2) is 49.1 Å². The molecule has 0 saturated carbocycles. The van der Waals surface area contributed by atoms with Crippen LogP contribution in [0.25, 0.3) is 28.4 Å². The van der Waals surface area contributed by atoms with E-state index in [-0.39, 0.29) is 0 Å². The second-order valence-corrected chi connectivity index (χ2v) is 4.48. The molecule has 19 heavy (non-hydrogen) atoms. The molecule has 0 aliphatic heterocycles. The van der Waals surface area contributed by atoms with Gasteiger partial charge in [0, 0.05) is 22.2 Å². The van der Waals surface area contributed by atoms with Gasteiger partial charge in [0.1, 0.15) is 5.69 Å². The van der Waals surface area contributed by atoms with Crippen molar-refractivity contribution in [2.24, 2.45) is 0 Å². The number of aryl methyl sites for hydroxylation is 1. The van der Waals surface area contributed by atoms with Crippen LogP contribution < -0.4 is 0 Å². The maximum absolute atomic E-state index is 4.39. The summed E-state index contributed by atoms with van der Waals surface area (Å²) in [6.45, 7) is 5.72. The molecular weight excluding hydrogens is 234 g/mol. The van der Waals surface area contributed by atoms with E-state index in [2.05, 4.69) is 40.0 Å². The van der Waals surface area contributed by atoms with Crippen molar-refractivity contribution in [1.29, 1.82) is 0 Å². The summed E-state index contributed by atoms with van der Waals surface area (Å²) in [5, 5.41) is 8.62. The first-order chi connectivity index (χ1) is 9.29. The Morgan fingerprint density at radius 1 is 1.26 bits per heavy atom. The average molecular weight is 249 g/mol. The van der Waals surface area contributed by atoms with Crippen LogP contribution in [0.5, 0.6) is 0 Å². The fourth-order valence-electron chi connectivity index (χ4n) is 2.21. The van der Waals surface area contributed by atoms with Crippen LogP contribution in [-0.4, -0.2) is 15.2 Å². The molecule has 0 amide bonds. The summed E-state index contributed by atoms with van der Waals surface area (Å²) >= 11 is 0. The summed E-state index contributed by atoms with van der Waals surface area (Å²) in [6, 6.07) is 10.3. The maximum atomic E-state index is 4.39. The first kappa shape index (κ1) is 11.5. The minimum atomic E-state index is 0.937. The molecule has 0 saturated heterocycles. The molecule has 0 spiro atoms. The highest BCUT2D eigenvalue weighted by molar-refractivity contribution is 5.87. The van der Waals surface area contributed by atoms with Crippen molar-refractivity contribution in [3.05, 3.63) is 60.3 Å². The van der Waals surface area contributed by atoms with E-state index < -0.39 is 0 Å². The van der Waals surface area contributed by atoms with E-state index in [0.29, 0.717) is 0 Å². The van der Waals surface area contributed by atoms with E-state index >= 15 is 0 Å². The number of H-pyrrole nitrogens is 2. The Labute approximate surface area is 111 Å². The zero-order chi connectivity index (χ0) is 13.2. The van der Waals surface area contributed by atoms with Crippen LogP contribution in [0.4, 0.5) is 0 Å². The van der Waals surface area contributed by atoms with Gasteiger partial charge in [0.25, 0.3) is 0 Å². The first-order valence-corrected chi connectivity index (χ1v) is 6.22. The van der Waals surface area contributed by atoms with E-state index in [1.165, 1.54) is 5.39 Å². The van der Waals surface area contributed by atoms with Crippen molar-refractivity contribution < 1.29 is 0 Å². The van der Waals surface area contributed by atoms with Gasteiger partial charge in [-0.25, -0.2) is 0 Å². The van der Waals surface area contributed by atoms with Gasteiger partial charge in [-0.1, -0.05) is 43.0 Å².